The van der Waals surface area contributed by atoms with Gasteiger partial charge in [-0.3, -0.25) is 0 Å². The van der Waals surface area contributed by atoms with Crippen molar-refractivity contribution < 1.29 is 5.11 Å². The Labute approximate surface area is 107 Å². The van der Waals surface area contributed by atoms with Gasteiger partial charge in [0.25, 0.3) is 0 Å². The molecule has 0 bridgehead atoms. The Morgan fingerprint density at radius 1 is 1.53 bits per heavy atom. The van der Waals surface area contributed by atoms with Crippen molar-refractivity contribution in [2.24, 2.45) is 5.92 Å². The SMILES string of the molecule is CCC1CCCN(c2ccc(Cl)c(CO)n2)C1. The number of pyridine rings is 1. The third kappa shape index (κ3) is 2.90. The number of nitrogens with zero attached hydrogens (tertiary/aromatic N) is 2. The van der Waals surface area contributed by atoms with E-state index < -0.39 is 0 Å². The molecule has 1 saturated heterocycles. The zero-order chi connectivity index (χ0) is 12.3. The van der Waals surface area contributed by atoms with Gasteiger partial charge in [0.2, 0.25) is 0 Å². The standard InChI is InChI=1S/C13H19ClN2O/c1-2-10-4-3-7-16(8-10)13-6-5-11(14)12(9-17)15-13/h5-6,10,17H,2-4,7-9H2,1H3. The zero-order valence-corrected chi connectivity index (χ0v) is 11.0. The molecule has 1 atom stereocenters. The van der Waals surface area contributed by atoms with Gasteiger partial charge in [0.1, 0.15) is 5.82 Å². The summed E-state index contributed by atoms with van der Waals surface area (Å²) in [5, 5.41) is 9.72. The molecule has 1 unspecified atom stereocenters. The largest absolute Gasteiger partial charge is 0.390 e. The summed E-state index contributed by atoms with van der Waals surface area (Å²) < 4.78 is 0. The first-order valence-corrected chi connectivity index (χ1v) is 6.63. The van der Waals surface area contributed by atoms with Crippen LogP contribution in [0.1, 0.15) is 31.9 Å². The molecule has 4 heteroatoms. The lowest BCUT2D eigenvalue weighted by molar-refractivity contribution is 0.277. The van der Waals surface area contributed by atoms with Crippen LogP contribution in [0.25, 0.3) is 0 Å². The Bertz CT molecular complexity index is 384. The smallest absolute Gasteiger partial charge is 0.129 e. The third-order valence-electron chi connectivity index (χ3n) is 3.47. The molecule has 1 fully saturated rings. The molecule has 1 aromatic heterocycles. The minimum Gasteiger partial charge on any atom is -0.390 e. The van der Waals surface area contributed by atoms with Crippen molar-refractivity contribution in [3.8, 4) is 0 Å². The van der Waals surface area contributed by atoms with Crippen LogP contribution in [0, 0.1) is 5.92 Å². The maximum atomic E-state index is 9.17. The van der Waals surface area contributed by atoms with Gasteiger partial charge in [-0.25, -0.2) is 4.98 Å². The second kappa shape index (κ2) is 5.69. The van der Waals surface area contributed by atoms with Crippen LogP contribution in [-0.4, -0.2) is 23.2 Å². The Balaban J connectivity index is 2.16. The van der Waals surface area contributed by atoms with E-state index >= 15 is 0 Å². The van der Waals surface area contributed by atoms with Gasteiger partial charge in [-0.2, -0.15) is 0 Å². The molecule has 17 heavy (non-hydrogen) atoms. The lowest BCUT2D eigenvalue weighted by atomic mass is 9.96. The summed E-state index contributed by atoms with van der Waals surface area (Å²) in [4.78, 5) is 6.73. The lowest BCUT2D eigenvalue weighted by Gasteiger charge is -2.33. The summed E-state index contributed by atoms with van der Waals surface area (Å²) in [6.45, 7) is 4.26. The van der Waals surface area contributed by atoms with Gasteiger partial charge in [0, 0.05) is 13.1 Å². The van der Waals surface area contributed by atoms with Crippen molar-refractivity contribution in [1.82, 2.24) is 4.98 Å². The fourth-order valence-corrected chi connectivity index (χ4v) is 2.53. The molecule has 1 N–H and O–H groups in total. The average molecular weight is 255 g/mol. The van der Waals surface area contributed by atoms with Gasteiger partial charge >= 0.3 is 0 Å². The molecule has 0 aliphatic carbocycles. The maximum Gasteiger partial charge on any atom is 0.129 e. The molecule has 0 spiro atoms. The van der Waals surface area contributed by atoms with Crippen molar-refractivity contribution >= 4 is 17.4 Å². The number of halogens is 1. The summed E-state index contributed by atoms with van der Waals surface area (Å²) in [7, 11) is 0. The summed E-state index contributed by atoms with van der Waals surface area (Å²) in [6.07, 6.45) is 3.75. The predicted molar refractivity (Wildman–Crippen MR) is 70.4 cm³/mol. The van der Waals surface area contributed by atoms with E-state index in [0.29, 0.717) is 10.7 Å². The van der Waals surface area contributed by atoms with Gasteiger partial charge in [0.15, 0.2) is 0 Å². The van der Waals surface area contributed by atoms with Crippen LogP contribution in [-0.2, 0) is 6.61 Å². The molecule has 2 heterocycles. The first-order valence-electron chi connectivity index (χ1n) is 6.25. The van der Waals surface area contributed by atoms with Gasteiger partial charge in [0.05, 0.1) is 17.3 Å². The van der Waals surface area contributed by atoms with Crippen LogP contribution in [0.2, 0.25) is 5.02 Å². The van der Waals surface area contributed by atoms with Crippen LogP contribution in [0.15, 0.2) is 12.1 Å². The number of hydrogen-bond donors (Lipinski definition) is 1. The average Bonchev–Trinajstić information content (AvgIpc) is 2.39. The van der Waals surface area contributed by atoms with Gasteiger partial charge < -0.3 is 10.0 Å². The predicted octanol–water partition coefficient (Wildman–Crippen LogP) is 2.85. The minimum absolute atomic E-state index is 0.0995. The Hall–Kier alpha value is -0.800. The van der Waals surface area contributed by atoms with Crippen molar-refractivity contribution in [2.75, 3.05) is 18.0 Å². The Morgan fingerprint density at radius 2 is 2.35 bits per heavy atom. The third-order valence-corrected chi connectivity index (χ3v) is 3.82. The zero-order valence-electron chi connectivity index (χ0n) is 10.2. The molecule has 1 aromatic rings. The minimum atomic E-state index is -0.0995. The highest BCUT2D eigenvalue weighted by atomic mass is 35.5. The topological polar surface area (TPSA) is 36.4 Å². The second-order valence-corrected chi connectivity index (χ2v) is 5.03. The number of piperidine rings is 1. The second-order valence-electron chi connectivity index (χ2n) is 4.62. The molecule has 3 nitrogen and oxygen atoms in total. The highest BCUT2D eigenvalue weighted by Gasteiger charge is 2.19. The molecule has 94 valence electrons. The van der Waals surface area contributed by atoms with Crippen LogP contribution in [0.3, 0.4) is 0 Å². The highest BCUT2D eigenvalue weighted by molar-refractivity contribution is 6.31. The van der Waals surface area contributed by atoms with Crippen LogP contribution < -0.4 is 4.90 Å². The number of anilines is 1. The number of aromatic nitrogens is 1. The molecular formula is C13H19ClN2O. The quantitative estimate of drug-likeness (QED) is 0.901. The lowest BCUT2D eigenvalue weighted by Crippen LogP contribution is -2.35. The number of aliphatic hydroxyl groups excluding tert-OH is 1. The van der Waals surface area contributed by atoms with Crippen LogP contribution in [0.5, 0.6) is 0 Å². The molecular weight excluding hydrogens is 236 g/mol. The van der Waals surface area contributed by atoms with E-state index in [4.69, 9.17) is 11.6 Å². The summed E-state index contributed by atoms with van der Waals surface area (Å²) in [5.41, 5.74) is 0.572. The van der Waals surface area contributed by atoms with Crippen LogP contribution in [0.4, 0.5) is 5.82 Å². The van der Waals surface area contributed by atoms with Crippen molar-refractivity contribution in [3.63, 3.8) is 0 Å². The maximum absolute atomic E-state index is 9.17. The number of rotatable bonds is 3. The van der Waals surface area contributed by atoms with Gasteiger partial charge in [-0.15, -0.1) is 0 Å². The first kappa shape index (κ1) is 12.7. The molecule has 1 aliphatic heterocycles. The number of aliphatic hydroxyl groups is 1. The summed E-state index contributed by atoms with van der Waals surface area (Å²) >= 11 is 5.95. The van der Waals surface area contributed by atoms with E-state index in [1.54, 1.807) is 0 Å². The molecule has 1 aliphatic rings. The van der Waals surface area contributed by atoms with E-state index in [1.165, 1.54) is 19.3 Å². The van der Waals surface area contributed by atoms with E-state index in [1.807, 2.05) is 12.1 Å². The fraction of sp³-hybridized carbons (Fsp3) is 0.615. The fourth-order valence-electron chi connectivity index (χ4n) is 2.37. The summed E-state index contributed by atoms with van der Waals surface area (Å²) in [6, 6.07) is 3.77. The van der Waals surface area contributed by atoms with Crippen molar-refractivity contribution in [1.29, 1.82) is 0 Å². The Kier molecular flexibility index (Phi) is 4.24. The molecule has 0 saturated carbocycles. The van der Waals surface area contributed by atoms with Crippen molar-refractivity contribution in [2.45, 2.75) is 32.8 Å². The monoisotopic (exact) mass is 254 g/mol. The van der Waals surface area contributed by atoms with Gasteiger partial charge in [-0.05, 0) is 30.9 Å². The molecule has 0 aromatic carbocycles. The molecule has 0 radical (unpaired) electrons. The number of hydrogen-bond acceptors (Lipinski definition) is 3. The van der Waals surface area contributed by atoms with E-state index in [0.717, 1.165) is 24.8 Å². The normalized spacial score (nSPS) is 20.6. The molecule has 2 rings (SSSR count). The van der Waals surface area contributed by atoms with E-state index in [2.05, 4.69) is 16.8 Å². The Morgan fingerprint density at radius 3 is 3.06 bits per heavy atom. The van der Waals surface area contributed by atoms with Crippen LogP contribution >= 0.6 is 11.6 Å². The highest BCUT2D eigenvalue weighted by Crippen LogP contribution is 2.25. The summed E-state index contributed by atoms with van der Waals surface area (Å²) in [5.74, 6) is 1.70. The van der Waals surface area contributed by atoms with Crippen molar-refractivity contribution in [3.05, 3.63) is 22.8 Å². The van der Waals surface area contributed by atoms with E-state index in [-0.39, 0.29) is 6.61 Å². The first-order chi connectivity index (χ1) is 8.24. The van der Waals surface area contributed by atoms with E-state index in [9.17, 15) is 5.11 Å². The molecule has 0 amide bonds. The van der Waals surface area contributed by atoms with Gasteiger partial charge in [-0.1, -0.05) is 24.9 Å².